The van der Waals surface area contributed by atoms with Crippen LogP contribution in [0.5, 0.6) is 0 Å². The van der Waals surface area contributed by atoms with Crippen LogP contribution in [0.3, 0.4) is 0 Å². The summed E-state index contributed by atoms with van der Waals surface area (Å²) < 4.78 is 18.1. The molecule has 132 valence electrons. The van der Waals surface area contributed by atoms with E-state index in [1.54, 1.807) is 18.2 Å². The number of rotatable bonds is 5. The molecule has 0 fully saturated rings. The zero-order valence-electron chi connectivity index (χ0n) is 14.1. The van der Waals surface area contributed by atoms with Crippen molar-refractivity contribution >= 4 is 22.8 Å². The number of para-hydroxylation sites is 1. The summed E-state index contributed by atoms with van der Waals surface area (Å²) in [7, 11) is 1.24. The van der Waals surface area contributed by atoms with Gasteiger partial charge < -0.3 is 10.1 Å². The molecule has 3 aromatic rings. The number of aromatic nitrogens is 1. The fraction of sp³-hybridized carbons (Fsp3) is 0.150. The monoisotopic (exact) mass is 352 g/mol. The number of methoxy groups -OCH3 is 1. The second kappa shape index (κ2) is 7.74. The van der Waals surface area contributed by atoms with Crippen molar-refractivity contribution in [1.29, 1.82) is 0 Å². The van der Waals surface area contributed by atoms with Crippen molar-refractivity contribution in [3.63, 3.8) is 0 Å². The van der Waals surface area contributed by atoms with Crippen molar-refractivity contribution in [2.75, 3.05) is 7.11 Å². The van der Waals surface area contributed by atoms with E-state index in [9.17, 15) is 14.0 Å². The SMILES string of the molecule is COC(=O)[C@@H](Cc1cccc(F)c1)NC(=O)c1cnc2ccccc2c1. The molecule has 0 saturated carbocycles. The molecule has 0 unspecified atom stereocenters. The number of ether oxygens (including phenoxy) is 1. The zero-order chi connectivity index (χ0) is 18.5. The number of benzene rings is 2. The van der Waals surface area contributed by atoms with Gasteiger partial charge in [0, 0.05) is 18.0 Å². The molecular weight excluding hydrogens is 335 g/mol. The van der Waals surface area contributed by atoms with E-state index in [0.29, 0.717) is 11.1 Å². The van der Waals surface area contributed by atoms with Crippen LogP contribution in [0.25, 0.3) is 10.9 Å². The van der Waals surface area contributed by atoms with Crippen molar-refractivity contribution in [2.24, 2.45) is 0 Å². The van der Waals surface area contributed by atoms with Crippen LogP contribution in [0.2, 0.25) is 0 Å². The Balaban J connectivity index is 1.80. The van der Waals surface area contributed by atoms with Gasteiger partial charge in [-0.25, -0.2) is 9.18 Å². The number of carbonyl (C=O) groups excluding carboxylic acids is 2. The second-order valence-corrected chi connectivity index (χ2v) is 5.80. The largest absolute Gasteiger partial charge is 0.467 e. The van der Waals surface area contributed by atoms with E-state index in [4.69, 9.17) is 4.74 Å². The third-order valence-electron chi connectivity index (χ3n) is 3.97. The Morgan fingerprint density at radius 2 is 1.96 bits per heavy atom. The predicted molar refractivity (Wildman–Crippen MR) is 95.1 cm³/mol. The molecule has 0 aliphatic carbocycles. The lowest BCUT2D eigenvalue weighted by atomic mass is 10.1. The minimum absolute atomic E-state index is 0.122. The smallest absolute Gasteiger partial charge is 0.328 e. The van der Waals surface area contributed by atoms with Gasteiger partial charge >= 0.3 is 5.97 Å². The molecule has 26 heavy (non-hydrogen) atoms. The molecule has 2 aromatic carbocycles. The lowest BCUT2D eigenvalue weighted by Crippen LogP contribution is -2.43. The van der Waals surface area contributed by atoms with Crippen LogP contribution < -0.4 is 5.32 Å². The molecule has 1 amide bonds. The number of esters is 1. The van der Waals surface area contributed by atoms with E-state index >= 15 is 0 Å². The number of pyridine rings is 1. The number of fused-ring (bicyclic) bond motifs is 1. The number of hydrogen-bond acceptors (Lipinski definition) is 4. The number of hydrogen-bond donors (Lipinski definition) is 1. The number of halogens is 1. The van der Waals surface area contributed by atoms with Crippen LogP contribution in [0.4, 0.5) is 4.39 Å². The number of nitrogens with one attached hydrogen (secondary N) is 1. The van der Waals surface area contributed by atoms with Crippen LogP contribution >= 0.6 is 0 Å². The Morgan fingerprint density at radius 1 is 1.15 bits per heavy atom. The van der Waals surface area contributed by atoms with Gasteiger partial charge in [-0.05, 0) is 29.8 Å². The van der Waals surface area contributed by atoms with Crippen molar-refractivity contribution in [2.45, 2.75) is 12.5 Å². The zero-order valence-corrected chi connectivity index (χ0v) is 14.1. The maximum absolute atomic E-state index is 13.4. The van der Waals surface area contributed by atoms with E-state index in [-0.39, 0.29) is 6.42 Å². The van der Waals surface area contributed by atoms with Gasteiger partial charge in [0.05, 0.1) is 18.2 Å². The Hall–Kier alpha value is -3.28. The Bertz CT molecular complexity index is 958. The molecule has 0 bridgehead atoms. The van der Waals surface area contributed by atoms with Gasteiger partial charge in [0.2, 0.25) is 0 Å². The third kappa shape index (κ3) is 4.03. The Morgan fingerprint density at radius 3 is 2.73 bits per heavy atom. The molecule has 0 radical (unpaired) electrons. The van der Waals surface area contributed by atoms with Crippen LogP contribution in [0, 0.1) is 5.82 Å². The van der Waals surface area contributed by atoms with Gasteiger partial charge in [0.1, 0.15) is 11.9 Å². The summed E-state index contributed by atoms with van der Waals surface area (Å²) in [5.74, 6) is -1.46. The van der Waals surface area contributed by atoms with E-state index in [2.05, 4.69) is 10.3 Å². The summed E-state index contributed by atoms with van der Waals surface area (Å²) in [6.45, 7) is 0. The first-order chi connectivity index (χ1) is 12.6. The van der Waals surface area contributed by atoms with Gasteiger partial charge in [0.25, 0.3) is 5.91 Å². The molecule has 0 aliphatic rings. The van der Waals surface area contributed by atoms with E-state index in [1.807, 2.05) is 24.3 Å². The summed E-state index contributed by atoms with van der Waals surface area (Å²) in [4.78, 5) is 28.8. The summed E-state index contributed by atoms with van der Waals surface area (Å²) in [5, 5.41) is 3.46. The van der Waals surface area contributed by atoms with Gasteiger partial charge in [-0.15, -0.1) is 0 Å². The summed E-state index contributed by atoms with van der Waals surface area (Å²) >= 11 is 0. The summed E-state index contributed by atoms with van der Waals surface area (Å²) in [5.41, 5.74) is 1.68. The average Bonchev–Trinajstić information content (AvgIpc) is 2.66. The summed E-state index contributed by atoms with van der Waals surface area (Å²) in [6, 6.07) is 14.1. The molecule has 0 saturated heterocycles. The minimum atomic E-state index is -0.930. The second-order valence-electron chi connectivity index (χ2n) is 5.80. The first kappa shape index (κ1) is 17.5. The molecule has 0 aliphatic heterocycles. The fourth-order valence-electron chi connectivity index (χ4n) is 2.67. The quantitative estimate of drug-likeness (QED) is 0.717. The van der Waals surface area contributed by atoms with Crippen LogP contribution in [-0.2, 0) is 16.0 Å². The normalized spacial score (nSPS) is 11.8. The first-order valence-electron chi connectivity index (χ1n) is 8.05. The molecule has 0 spiro atoms. The van der Waals surface area contributed by atoms with Crippen LogP contribution in [-0.4, -0.2) is 30.0 Å². The average molecular weight is 352 g/mol. The third-order valence-corrected chi connectivity index (χ3v) is 3.97. The molecule has 1 atom stereocenters. The highest BCUT2D eigenvalue weighted by Gasteiger charge is 2.23. The van der Waals surface area contributed by atoms with Gasteiger partial charge in [0.15, 0.2) is 0 Å². The topological polar surface area (TPSA) is 68.3 Å². The van der Waals surface area contributed by atoms with E-state index < -0.39 is 23.7 Å². The fourth-order valence-corrected chi connectivity index (χ4v) is 2.67. The maximum Gasteiger partial charge on any atom is 0.328 e. The highest BCUT2D eigenvalue weighted by molar-refractivity contribution is 5.99. The lowest BCUT2D eigenvalue weighted by molar-refractivity contribution is -0.142. The molecule has 1 heterocycles. The van der Waals surface area contributed by atoms with Crippen molar-refractivity contribution in [1.82, 2.24) is 10.3 Å². The van der Waals surface area contributed by atoms with Gasteiger partial charge in [-0.3, -0.25) is 9.78 Å². The summed E-state index contributed by atoms with van der Waals surface area (Å²) in [6.07, 6.45) is 1.57. The number of amides is 1. The standard InChI is InChI=1S/C20H17FN2O3/c1-26-20(25)18(10-13-5-4-7-16(21)9-13)23-19(24)15-11-14-6-2-3-8-17(14)22-12-15/h2-9,11-12,18H,10H2,1H3,(H,23,24)/t18-/m1/s1. The van der Waals surface area contributed by atoms with Crippen LogP contribution in [0.1, 0.15) is 15.9 Å². The molecular formula is C20H17FN2O3. The maximum atomic E-state index is 13.4. The first-order valence-corrected chi connectivity index (χ1v) is 8.05. The van der Waals surface area contributed by atoms with E-state index in [1.165, 1.54) is 25.4 Å². The highest BCUT2D eigenvalue weighted by Crippen LogP contribution is 2.13. The van der Waals surface area contributed by atoms with Crippen LogP contribution in [0.15, 0.2) is 60.8 Å². The Labute approximate surface area is 149 Å². The molecule has 3 rings (SSSR count). The van der Waals surface area contributed by atoms with Crippen molar-refractivity contribution < 1.29 is 18.7 Å². The van der Waals surface area contributed by atoms with Gasteiger partial charge in [-0.2, -0.15) is 0 Å². The van der Waals surface area contributed by atoms with Gasteiger partial charge in [-0.1, -0.05) is 30.3 Å². The molecule has 1 aromatic heterocycles. The number of carbonyl (C=O) groups is 2. The van der Waals surface area contributed by atoms with Crippen molar-refractivity contribution in [3.8, 4) is 0 Å². The molecule has 1 N–H and O–H groups in total. The lowest BCUT2D eigenvalue weighted by Gasteiger charge is -2.17. The number of nitrogens with zero attached hydrogens (tertiary/aromatic N) is 1. The Kier molecular flexibility index (Phi) is 5.22. The predicted octanol–water partition coefficient (Wildman–Crippen LogP) is 2.89. The van der Waals surface area contributed by atoms with E-state index in [0.717, 1.165) is 10.9 Å². The van der Waals surface area contributed by atoms with Crippen molar-refractivity contribution in [3.05, 3.63) is 77.7 Å². The molecule has 5 nitrogen and oxygen atoms in total. The molecule has 6 heteroatoms. The highest BCUT2D eigenvalue weighted by atomic mass is 19.1. The minimum Gasteiger partial charge on any atom is -0.467 e.